The Morgan fingerprint density at radius 3 is 2.55 bits per heavy atom. The van der Waals surface area contributed by atoms with Crippen LogP contribution in [0.5, 0.6) is 5.75 Å². The summed E-state index contributed by atoms with van der Waals surface area (Å²) in [6.45, 7) is 10.8. The monoisotopic (exact) mass is 280 g/mol. The molecular formula is C15H24N2O3. The van der Waals surface area contributed by atoms with Crippen LogP contribution in [0.25, 0.3) is 0 Å². The van der Waals surface area contributed by atoms with Crippen LogP contribution in [0.15, 0.2) is 18.2 Å². The number of nitrogens with zero attached hydrogens (tertiary/aromatic N) is 1. The average Bonchev–Trinajstić information content (AvgIpc) is 2.35. The van der Waals surface area contributed by atoms with Crippen LogP contribution in [0, 0.1) is 10.1 Å². The molecule has 1 atom stereocenters. The smallest absolute Gasteiger partial charge is 0.310 e. The van der Waals surface area contributed by atoms with Crippen molar-refractivity contribution in [1.82, 2.24) is 5.32 Å². The zero-order chi connectivity index (χ0) is 15.3. The van der Waals surface area contributed by atoms with Gasteiger partial charge in [0.25, 0.3) is 0 Å². The Hall–Kier alpha value is -1.62. The Balaban J connectivity index is 2.95. The van der Waals surface area contributed by atoms with Crippen molar-refractivity contribution in [3.8, 4) is 5.75 Å². The lowest BCUT2D eigenvalue weighted by atomic mass is 10.1. The second-order valence-corrected chi connectivity index (χ2v) is 6.00. The van der Waals surface area contributed by atoms with Gasteiger partial charge in [-0.1, -0.05) is 13.0 Å². The van der Waals surface area contributed by atoms with E-state index in [9.17, 15) is 10.1 Å². The van der Waals surface area contributed by atoms with Crippen LogP contribution in [-0.4, -0.2) is 16.6 Å². The van der Waals surface area contributed by atoms with Gasteiger partial charge >= 0.3 is 5.69 Å². The Bertz CT molecular complexity index is 467. The molecule has 0 fully saturated rings. The predicted octanol–water partition coefficient (Wildman–Crippen LogP) is 3.66. The van der Waals surface area contributed by atoms with E-state index in [1.807, 2.05) is 13.8 Å². The first kappa shape index (κ1) is 16.4. The summed E-state index contributed by atoms with van der Waals surface area (Å²) >= 11 is 0. The van der Waals surface area contributed by atoms with E-state index < -0.39 is 4.92 Å². The summed E-state index contributed by atoms with van der Waals surface area (Å²) in [6.07, 6.45) is 0.765. The van der Waals surface area contributed by atoms with Gasteiger partial charge in [0.05, 0.1) is 11.0 Å². The number of nitro benzene ring substituents is 1. The number of nitrogens with one attached hydrogen (secondary N) is 1. The molecule has 1 aromatic carbocycles. The first-order valence-electron chi connectivity index (χ1n) is 6.92. The molecule has 0 saturated heterocycles. The number of benzene rings is 1. The number of ether oxygens (including phenoxy) is 1. The summed E-state index contributed by atoms with van der Waals surface area (Å²) in [5.74, 6) is 0.345. The minimum atomic E-state index is -0.404. The highest BCUT2D eigenvalue weighted by Gasteiger charge is 2.18. The summed E-state index contributed by atoms with van der Waals surface area (Å²) in [4.78, 5) is 10.6. The molecule has 0 aliphatic carbocycles. The van der Waals surface area contributed by atoms with Crippen molar-refractivity contribution in [2.45, 2.75) is 59.2 Å². The maximum atomic E-state index is 11.0. The Morgan fingerprint density at radius 2 is 2.05 bits per heavy atom. The maximum Gasteiger partial charge on any atom is 0.310 e. The van der Waals surface area contributed by atoms with Crippen LogP contribution >= 0.6 is 0 Å². The molecule has 5 nitrogen and oxygen atoms in total. The van der Waals surface area contributed by atoms with E-state index in [1.165, 1.54) is 6.07 Å². The molecule has 1 rings (SSSR count). The largest absolute Gasteiger partial charge is 0.484 e. The van der Waals surface area contributed by atoms with Gasteiger partial charge in [0.15, 0.2) is 5.75 Å². The van der Waals surface area contributed by atoms with Crippen molar-refractivity contribution in [1.29, 1.82) is 0 Å². The Kier molecular flexibility index (Phi) is 5.51. The van der Waals surface area contributed by atoms with Gasteiger partial charge in [-0.3, -0.25) is 10.1 Å². The molecule has 0 aromatic heterocycles. The Labute approximate surface area is 120 Å². The van der Waals surface area contributed by atoms with Gasteiger partial charge < -0.3 is 10.1 Å². The quantitative estimate of drug-likeness (QED) is 0.638. The highest BCUT2D eigenvalue weighted by atomic mass is 16.6. The van der Waals surface area contributed by atoms with Crippen LogP contribution in [0.1, 0.15) is 46.6 Å². The fraction of sp³-hybridized carbons (Fsp3) is 0.600. The first-order chi connectivity index (χ1) is 9.23. The molecular weight excluding hydrogens is 256 g/mol. The summed E-state index contributed by atoms with van der Waals surface area (Å²) in [7, 11) is 0. The van der Waals surface area contributed by atoms with E-state index in [2.05, 4.69) is 26.1 Å². The van der Waals surface area contributed by atoms with Crippen LogP contribution in [-0.2, 0) is 6.54 Å². The lowest BCUT2D eigenvalue weighted by Gasteiger charge is -2.21. The van der Waals surface area contributed by atoms with Gasteiger partial charge in [0.1, 0.15) is 0 Å². The molecule has 0 heterocycles. The van der Waals surface area contributed by atoms with Crippen LogP contribution < -0.4 is 10.1 Å². The standard InChI is InChI=1S/C15H24N2O3/c1-6-11(2)20-14-9-12(10-16-15(3,4)5)7-8-13(14)17(18)19/h7-9,11,16H,6,10H2,1-5H3. The third-order valence-corrected chi connectivity index (χ3v) is 2.95. The van der Waals surface area contributed by atoms with Gasteiger partial charge in [0, 0.05) is 18.2 Å². The predicted molar refractivity (Wildman–Crippen MR) is 80.1 cm³/mol. The molecule has 112 valence electrons. The third kappa shape index (κ3) is 5.17. The highest BCUT2D eigenvalue weighted by molar-refractivity contribution is 5.48. The van der Waals surface area contributed by atoms with E-state index >= 15 is 0 Å². The van der Waals surface area contributed by atoms with Crippen molar-refractivity contribution in [2.24, 2.45) is 0 Å². The summed E-state index contributed by atoms with van der Waals surface area (Å²) in [5.41, 5.74) is 0.994. The van der Waals surface area contributed by atoms with Gasteiger partial charge in [-0.05, 0) is 45.7 Å². The summed E-state index contributed by atoms with van der Waals surface area (Å²) < 4.78 is 5.66. The van der Waals surface area contributed by atoms with Crippen molar-refractivity contribution in [3.05, 3.63) is 33.9 Å². The normalized spacial score (nSPS) is 13.1. The molecule has 0 spiro atoms. The second kappa shape index (κ2) is 6.70. The van der Waals surface area contributed by atoms with E-state index in [0.717, 1.165) is 12.0 Å². The van der Waals surface area contributed by atoms with Crippen molar-refractivity contribution in [2.75, 3.05) is 0 Å². The SMILES string of the molecule is CCC(C)Oc1cc(CNC(C)(C)C)ccc1[N+](=O)[O-]. The van der Waals surface area contributed by atoms with Gasteiger partial charge in [-0.25, -0.2) is 0 Å². The Morgan fingerprint density at radius 1 is 1.40 bits per heavy atom. The highest BCUT2D eigenvalue weighted by Crippen LogP contribution is 2.29. The minimum absolute atomic E-state index is 0.000490. The van der Waals surface area contributed by atoms with E-state index in [0.29, 0.717) is 12.3 Å². The molecule has 1 N–H and O–H groups in total. The molecule has 1 aromatic rings. The fourth-order valence-electron chi connectivity index (χ4n) is 1.58. The topological polar surface area (TPSA) is 64.4 Å². The molecule has 20 heavy (non-hydrogen) atoms. The van der Waals surface area contributed by atoms with Gasteiger partial charge in [-0.2, -0.15) is 0 Å². The van der Waals surface area contributed by atoms with Crippen molar-refractivity contribution < 1.29 is 9.66 Å². The van der Waals surface area contributed by atoms with E-state index in [1.54, 1.807) is 12.1 Å². The summed E-state index contributed by atoms with van der Waals surface area (Å²) in [5, 5.41) is 14.4. The van der Waals surface area contributed by atoms with Crippen LogP contribution in [0.4, 0.5) is 5.69 Å². The fourth-order valence-corrected chi connectivity index (χ4v) is 1.58. The first-order valence-corrected chi connectivity index (χ1v) is 6.92. The van der Waals surface area contributed by atoms with E-state index in [4.69, 9.17) is 4.74 Å². The molecule has 1 unspecified atom stereocenters. The minimum Gasteiger partial charge on any atom is -0.484 e. The van der Waals surface area contributed by atoms with Gasteiger partial charge in [0.2, 0.25) is 0 Å². The number of hydrogen-bond donors (Lipinski definition) is 1. The van der Waals surface area contributed by atoms with Gasteiger partial charge in [-0.15, -0.1) is 0 Å². The molecule has 5 heteroatoms. The zero-order valence-corrected chi connectivity index (χ0v) is 12.9. The zero-order valence-electron chi connectivity index (χ0n) is 12.9. The number of hydrogen-bond acceptors (Lipinski definition) is 4. The van der Waals surface area contributed by atoms with Crippen LogP contribution in [0.3, 0.4) is 0 Å². The lowest BCUT2D eigenvalue weighted by molar-refractivity contribution is -0.386. The van der Waals surface area contributed by atoms with Crippen molar-refractivity contribution in [3.63, 3.8) is 0 Å². The van der Waals surface area contributed by atoms with Crippen LogP contribution in [0.2, 0.25) is 0 Å². The molecule has 0 radical (unpaired) electrons. The van der Waals surface area contributed by atoms with Crippen molar-refractivity contribution >= 4 is 5.69 Å². The molecule has 0 bridgehead atoms. The maximum absolute atomic E-state index is 11.0. The number of nitro groups is 1. The molecule has 0 saturated carbocycles. The third-order valence-electron chi connectivity index (χ3n) is 2.95. The second-order valence-electron chi connectivity index (χ2n) is 6.00. The average molecular weight is 280 g/mol. The molecule has 0 aliphatic heterocycles. The number of rotatable bonds is 6. The van der Waals surface area contributed by atoms with E-state index in [-0.39, 0.29) is 17.3 Å². The summed E-state index contributed by atoms with van der Waals surface area (Å²) in [6, 6.07) is 5.03. The lowest BCUT2D eigenvalue weighted by Crippen LogP contribution is -2.35. The molecule has 0 aliphatic rings. The molecule has 0 amide bonds.